The van der Waals surface area contributed by atoms with Gasteiger partial charge in [0.25, 0.3) is 5.91 Å². The topological polar surface area (TPSA) is 113 Å². The number of nitrogens with zero attached hydrogens (tertiary/aromatic N) is 4. The minimum absolute atomic E-state index is 0.112. The van der Waals surface area contributed by atoms with Gasteiger partial charge in [0.2, 0.25) is 11.6 Å². The third-order valence-corrected chi connectivity index (χ3v) is 4.34. The van der Waals surface area contributed by atoms with Crippen molar-refractivity contribution in [2.75, 3.05) is 23.4 Å². The van der Waals surface area contributed by atoms with Crippen LogP contribution in [0.3, 0.4) is 0 Å². The molecule has 10 heteroatoms. The van der Waals surface area contributed by atoms with Crippen LogP contribution in [0.5, 0.6) is 0 Å². The number of hydrazine groups is 1. The summed E-state index contributed by atoms with van der Waals surface area (Å²) < 4.78 is 12.9. The van der Waals surface area contributed by atoms with Crippen molar-refractivity contribution in [2.24, 2.45) is 5.92 Å². The van der Waals surface area contributed by atoms with Crippen molar-refractivity contribution >= 4 is 23.2 Å². The molecule has 0 radical (unpaired) electrons. The van der Waals surface area contributed by atoms with Gasteiger partial charge in [-0.15, -0.1) is 0 Å². The zero-order valence-corrected chi connectivity index (χ0v) is 14.7. The summed E-state index contributed by atoms with van der Waals surface area (Å²) in [5.41, 5.74) is 4.73. The van der Waals surface area contributed by atoms with Crippen LogP contribution < -0.4 is 15.8 Å². The second kappa shape index (κ2) is 7.94. The van der Waals surface area contributed by atoms with Crippen molar-refractivity contribution in [2.45, 2.75) is 19.8 Å². The maximum atomic E-state index is 12.9. The molecule has 1 atom stereocenters. The van der Waals surface area contributed by atoms with Gasteiger partial charge in [-0.3, -0.25) is 25.8 Å². The summed E-state index contributed by atoms with van der Waals surface area (Å²) in [7, 11) is 0. The van der Waals surface area contributed by atoms with Gasteiger partial charge in [0.15, 0.2) is 0 Å². The number of nitro groups is 1. The van der Waals surface area contributed by atoms with Crippen LogP contribution in [0.2, 0.25) is 0 Å². The smallest absolute Gasteiger partial charge is 0.350 e. The Morgan fingerprint density at radius 1 is 1.33 bits per heavy atom. The largest absolute Gasteiger partial charge is 0.355 e. The Balaban J connectivity index is 1.80. The summed E-state index contributed by atoms with van der Waals surface area (Å²) in [5, 5.41) is 11.6. The zero-order chi connectivity index (χ0) is 19.4. The lowest BCUT2D eigenvalue weighted by atomic mass is 10.0. The Labute approximate surface area is 154 Å². The lowest BCUT2D eigenvalue weighted by molar-refractivity contribution is -0.383. The molecule has 0 saturated carbocycles. The minimum Gasteiger partial charge on any atom is -0.350 e. The van der Waals surface area contributed by atoms with E-state index in [1.165, 1.54) is 18.5 Å². The van der Waals surface area contributed by atoms with E-state index in [9.17, 15) is 19.3 Å². The molecule has 0 aliphatic carbocycles. The van der Waals surface area contributed by atoms with Gasteiger partial charge < -0.3 is 4.90 Å². The van der Waals surface area contributed by atoms with Gasteiger partial charge in [-0.25, -0.2) is 14.4 Å². The summed E-state index contributed by atoms with van der Waals surface area (Å²) in [6, 6.07) is 4.91. The number of carbonyl (C=O) groups is 1. The van der Waals surface area contributed by atoms with E-state index in [4.69, 9.17) is 0 Å². The molecule has 1 unspecified atom stereocenters. The molecule has 2 aromatic rings. The van der Waals surface area contributed by atoms with Gasteiger partial charge >= 0.3 is 5.69 Å². The van der Waals surface area contributed by atoms with E-state index in [-0.39, 0.29) is 22.9 Å². The molecule has 3 rings (SSSR count). The summed E-state index contributed by atoms with van der Waals surface area (Å²) in [6.45, 7) is 3.42. The molecule has 1 aliphatic rings. The lowest BCUT2D eigenvalue weighted by Gasteiger charge is -2.31. The predicted molar refractivity (Wildman–Crippen MR) is 96.8 cm³/mol. The SMILES string of the molecule is CC1CCCN(c2ncnc(NNC(=O)c3ccc(F)cc3)c2[N+](=O)[O-])C1. The quantitative estimate of drug-likeness (QED) is 0.611. The van der Waals surface area contributed by atoms with E-state index < -0.39 is 16.6 Å². The number of amides is 1. The summed E-state index contributed by atoms with van der Waals surface area (Å²) in [5.74, 6) is -0.524. The first-order valence-electron chi connectivity index (χ1n) is 8.52. The average molecular weight is 374 g/mol. The molecule has 2 heterocycles. The van der Waals surface area contributed by atoms with Crippen LogP contribution in [0.15, 0.2) is 30.6 Å². The number of anilines is 2. The highest BCUT2D eigenvalue weighted by molar-refractivity contribution is 5.95. The van der Waals surface area contributed by atoms with E-state index in [1.807, 2.05) is 4.90 Å². The van der Waals surface area contributed by atoms with Crippen molar-refractivity contribution in [1.29, 1.82) is 0 Å². The number of hydrogen-bond acceptors (Lipinski definition) is 7. The van der Waals surface area contributed by atoms with Crippen molar-refractivity contribution in [1.82, 2.24) is 15.4 Å². The van der Waals surface area contributed by atoms with E-state index in [0.29, 0.717) is 19.0 Å². The maximum absolute atomic E-state index is 12.9. The third kappa shape index (κ3) is 4.27. The van der Waals surface area contributed by atoms with Gasteiger partial charge in [0, 0.05) is 18.7 Å². The number of nitrogens with one attached hydrogen (secondary N) is 2. The Kier molecular flexibility index (Phi) is 5.43. The molecular formula is C17H19FN6O3. The van der Waals surface area contributed by atoms with E-state index in [0.717, 1.165) is 25.0 Å². The second-order valence-electron chi connectivity index (χ2n) is 6.43. The fourth-order valence-corrected chi connectivity index (χ4v) is 3.03. The Hall–Kier alpha value is -3.30. The first-order valence-corrected chi connectivity index (χ1v) is 8.52. The van der Waals surface area contributed by atoms with Crippen molar-refractivity contribution in [3.05, 3.63) is 52.1 Å². The number of piperidine rings is 1. The Morgan fingerprint density at radius 2 is 2.07 bits per heavy atom. The highest BCUT2D eigenvalue weighted by Crippen LogP contribution is 2.33. The molecule has 9 nitrogen and oxygen atoms in total. The van der Waals surface area contributed by atoms with Gasteiger partial charge in [0.05, 0.1) is 4.92 Å². The Bertz CT molecular complexity index is 845. The number of benzene rings is 1. The van der Waals surface area contributed by atoms with Crippen molar-refractivity contribution < 1.29 is 14.1 Å². The first-order chi connectivity index (χ1) is 13.0. The average Bonchev–Trinajstić information content (AvgIpc) is 2.66. The summed E-state index contributed by atoms with van der Waals surface area (Å²) >= 11 is 0. The van der Waals surface area contributed by atoms with Gasteiger partial charge in [-0.05, 0) is 43.0 Å². The van der Waals surface area contributed by atoms with Crippen LogP contribution in [0, 0.1) is 21.8 Å². The summed E-state index contributed by atoms with van der Waals surface area (Å²) in [4.78, 5) is 33.0. The molecular weight excluding hydrogens is 355 g/mol. The number of halogens is 1. The molecule has 2 N–H and O–H groups in total. The van der Waals surface area contributed by atoms with E-state index in [2.05, 4.69) is 27.7 Å². The van der Waals surface area contributed by atoms with E-state index in [1.54, 1.807) is 0 Å². The van der Waals surface area contributed by atoms with Crippen molar-refractivity contribution in [3.8, 4) is 0 Å². The van der Waals surface area contributed by atoms with Crippen LogP contribution in [-0.2, 0) is 0 Å². The van der Waals surface area contributed by atoms with Crippen molar-refractivity contribution in [3.63, 3.8) is 0 Å². The zero-order valence-electron chi connectivity index (χ0n) is 14.7. The highest BCUT2D eigenvalue weighted by atomic mass is 19.1. The van der Waals surface area contributed by atoms with Gasteiger partial charge in [-0.2, -0.15) is 0 Å². The molecule has 1 amide bonds. The van der Waals surface area contributed by atoms with Gasteiger partial charge in [0.1, 0.15) is 12.1 Å². The lowest BCUT2D eigenvalue weighted by Crippen LogP contribution is -2.36. The Morgan fingerprint density at radius 3 is 2.74 bits per heavy atom. The number of hydrogen-bond donors (Lipinski definition) is 2. The maximum Gasteiger partial charge on any atom is 0.355 e. The van der Waals surface area contributed by atoms with Crippen LogP contribution in [-0.4, -0.2) is 33.9 Å². The molecule has 0 bridgehead atoms. The number of rotatable bonds is 5. The molecule has 1 aromatic heterocycles. The van der Waals surface area contributed by atoms with Crippen LogP contribution in [0.25, 0.3) is 0 Å². The molecule has 1 aromatic carbocycles. The standard InChI is InChI=1S/C17H19FN6O3/c1-11-3-2-8-23(9-11)16-14(24(26)27)15(19-10-20-16)21-22-17(25)12-4-6-13(18)7-5-12/h4-7,10-11H,2-3,8-9H2,1H3,(H,22,25)(H,19,20,21). The molecule has 1 fully saturated rings. The first kappa shape index (κ1) is 18.5. The molecule has 27 heavy (non-hydrogen) atoms. The fraction of sp³-hybridized carbons (Fsp3) is 0.353. The van der Waals surface area contributed by atoms with Crippen LogP contribution >= 0.6 is 0 Å². The molecule has 1 saturated heterocycles. The van der Waals surface area contributed by atoms with Crippen LogP contribution in [0.1, 0.15) is 30.1 Å². The van der Waals surface area contributed by atoms with Gasteiger partial charge in [-0.1, -0.05) is 6.92 Å². The monoisotopic (exact) mass is 374 g/mol. The molecule has 0 spiro atoms. The molecule has 1 aliphatic heterocycles. The number of carbonyl (C=O) groups excluding carboxylic acids is 1. The third-order valence-electron chi connectivity index (χ3n) is 4.34. The fourth-order valence-electron chi connectivity index (χ4n) is 3.03. The molecule has 142 valence electrons. The predicted octanol–water partition coefficient (Wildman–Crippen LogP) is 2.52. The second-order valence-corrected chi connectivity index (χ2v) is 6.43. The highest BCUT2D eigenvalue weighted by Gasteiger charge is 2.29. The number of aromatic nitrogens is 2. The minimum atomic E-state index is -0.573. The summed E-state index contributed by atoms with van der Waals surface area (Å²) in [6.07, 6.45) is 3.20. The normalized spacial score (nSPS) is 16.7. The van der Waals surface area contributed by atoms with E-state index >= 15 is 0 Å². The van der Waals surface area contributed by atoms with Crippen LogP contribution in [0.4, 0.5) is 21.7 Å².